The zero-order valence-corrected chi connectivity index (χ0v) is 14.8. The van der Waals surface area contributed by atoms with Crippen LogP contribution in [-0.2, 0) is 0 Å². The highest BCUT2D eigenvalue weighted by atomic mass is 79.9. The number of pyridine rings is 1. The summed E-state index contributed by atoms with van der Waals surface area (Å²) in [5.74, 6) is 2.29. The van der Waals surface area contributed by atoms with Crippen molar-refractivity contribution in [1.29, 1.82) is 0 Å². The van der Waals surface area contributed by atoms with Gasteiger partial charge in [-0.25, -0.2) is 4.98 Å². The molecule has 2 saturated heterocycles. The summed E-state index contributed by atoms with van der Waals surface area (Å²) >= 11 is 3.43. The van der Waals surface area contributed by atoms with E-state index in [1.54, 1.807) is 6.20 Å². The molecule has 120 valence electrons. The summed E-state index contributed by atoms with van der Waals surface area (Å²) in [6.07, 6.45) is 3.94. The standard InChI is InChI=1S/C16H23BrN4O/c1-20(2)15-14(7-13(17)10-19-15)16(22)21-5-3-11-8-18-9-12(11)4-6-21/h7,10-12,18H,3-6,8-9H2,1-2H3/t11-,12+. The molecule has 2 fully saturated rings. The van der Waals surface area contributed by atoms with Gasteiger partial charge in [0.05, 0.1) is 5.56 Å². The number of aromatic nitrogens is 1. The maximum atomic E-state index is 13.0. The molecule has 0 saturated carbocycles. The molecule has 5 nitrogen and oxygen atoms in total. The maximum Gasteiger partial charge on any atom is 0.257 e. The lowest BCUT2D eigenvalue weighted by molar-refractivity contribution is 0.0758. The van der Waals surface area contributed by atoms with Crippen LogP contribution < -0.4 is 10.2 Å². The molecule has 3 rings (SSSR count). The van der Waals surface area contributed by atoms with Crippen molar-refractivity contribution in [2.75, 3.05) is 45.2 Å². The molecule has 2 aliphatic heterocycles. The van der Waals surface area contributed by atoms with Crippen molar-refractivity contribution >= 4 is 27.7 Å². The van der Waals surface area contributed by atoms with Crippen LogP contribution in [-0.4, -0.2) is 56.1 Å². The molecule has 0 aromatic carbocycles. The molecule has 6 heteroatoms. The fourth-order valence-electron chi connectivity index (χ4n) is 3.54. The van der Waals surface area contributed by atoms with Gasteiger partial charge in [-0.05, 0) is 59.8 Å². The summed E-state index contributed by atoms with van der Waals surface area (Å²) in [6, 6.07) is 1.89. The number of hydrogen-bond acceptors (Lipinski definition) is 4. The lowest BCUT2D eigenvalue weighted by atomic mass is 9.92. The van der Waals surface area contributed by atoms with Crippen molar-refractivity contribution in [2.24, 2.45) is 11.8 Å². The Hall–Kier alpha value is -1.14. The second kappa shape index (κ2) is 6.54. The Kier molecular flexibility index (Phi) is 4.68. The lowest BCUT2D eigenvalue weighted by Crippen LogP contribution is -2.34. The third-order valence-electron chi connectivity index (χ3n) is 4.79. The predicted molar refractivity (Wildman–Crippen MR) is 91.3 cm³/mol. The number of fused-ring (bicyclic) bond motifs is 1. The highest BCUT2D eigenvalue weighted by molar-refractivity contribution is 9.10. The summed E-state index contributed by atoms with van der Waals surface area (Å²) in [5, 5.41) is 3.47. The zero-order chi connectivity index (χ0) is 15.7. The first-order chi connectivity index (χ1) is 10.6. The topological polar surface area (TPSA) is 48.5 Å². The van der Waals surface area contributed by atoms with Gasteiger partial charge >= 0.3 is 0 Å². The van der Waals surface area contributed by atoms with E-state index < -0.39 is 0 Å². The third-order valence-corrected chi connectivity index (χ3v) is 5.23. The number of rotatable bonds is 2. The van der Waals surface area contributed by atoms with Gasteiger partial charge in [0.2, 0.25) is 0 Å². The largest absolute Gasteiger partial charge is 0.362 e. The predicted octanol–water partition coefficient (Wildman–Crippen LogP) is 1.98. The minimum absolute atomic E-state index is 0.102. The first-order valence-electron chi connectivity index (χ1n) is 7.89. The monoisotopic (exact) mass is 366 g/mol. The number of nitrogens with zero attached hydrogens (tertiary/aromatic N) is 3. The SMILES string of the molecule is CN(C)c1ncc(Br)cc1C(=O)N1CC[C@@H]2CNC[C@@H]2CC1. The first kappa shape index (κ1) is 15.7. The van der Waals surface area contributed by atoms with Crippen LogP contribution in [0.15, 0.2) is 16.7 Å². The van der Waals surface area contributed by atoms with E-state index in [4.69, 9.17) is 0 Å². The minimum atomic E-state index is 0.102. The number of nitrogens with one attached hydrogen (secondary N) is 1. The smallest absolute Gasteiger partial charge is 0.257 e. The molecular formula is C16H23BrN4O. The normalized spacial score (nSPS) is 24.8. The van der Waals surface area contributed by atoms with Gasteiger partial charge in [0.25, 0.3) is 5.91 Å². The minimum Gasteiger partial charge on any atom is -0.362 e. The fourth-order valence-corrected chi connectivity index (χ4v) is 3.87. The van der Waals surface area contributed by atoms with E-state index in [1.165, 1.54) is 0 Å². The van der Waals surface area contributed by atoms with Gasteiger partial charge in [0.1, 0.15) is 5.82 Å². The Morgan fingerprint density at radius 1 is 1.32 bits per heavy atom. The van der Waals surface area contributed by atoms with E-state index in [-0.39, 0.29) is 5.91 Å². The average Bonchev–Trinajstić information content (AvgIpc) is 2.85. The van der Waals surface area contributed by atoms with E-state index >= 15 is 0 Å². The Labute approximate surface area is 140 Å². The lowest BCUT2D eigenvalue weighted by Gasteiger charge is -2.24. The molecule has 3 heterocycles. The number of amides is 1. The number of hydrogen-bond donors (Lipinski definition) is 1. The molecule has 2 atom stereocenters. The van der Waals surface area contributed by atoms with Gasteiger partial charge in [-0.2, -0.15) is 0 Å². The molecule has 0 bridgehead atoms. The van der Waals surface area contributed by atoms with Crippen molar-refractivity contribution in [3.05, 3.63) is 22.3 Å². The van der Waals surface area contributed by atoms with Crippen LogP contribution >= 0.6 is 15.9 Å². The van der Waals surface area contributed by atoms with Crippen molar-refractivity contribution in [3.63, 3.8) is 0 Å². The molecule has 1 aromatic rings. The van der Waals surface area contributed by atoms with E-state index in [1.807, 2.05) is 30.0 Å². The summed E-state index contributed by atoms with van der Waals surface area (Å²) in [4.78, 5) is 21.3. The van der Waals surface area contributed by atoms with Crippen LogP contribution in [0, 0.1) is 11.8 Å². The number of anilines is 1. The highest BCUT2D eigenvalue weighted by Crippen LogP contribution is 2.29. The first-order valence-corrected chi connectivity index (χ1v) is 8.68. The van der Waals surface area contributed by atoms with Gasteiger partial charge in [-0.3, -0.25) is 4.79 Å². The molecule has 22 heavy (non-hydrogen) atoms. The Bertz CT molecular complexity index is 549. The van der Waals surface area contributed by atoms with E-state index in [2.05, 4.69) is 26.2 Å². The quantitative estimate of drug-likeness (QED) is 0.869. The fraction of sp³-hybridized carbons (Fsp3) is 0.625. The maximum absolute atomic E-state index is 13.0. The van der Waals surface area contributed by atoms with Gasteiger partial charge in [-0.1, -0.05) is 0 Å². The number of halogens is 1. The average molecular weight is 367 g/mol. The van der Waals surface area contributed by atoms with Gasteiger partial charge in [0.15, 0.2) is 0 Å². The molecule has 1 N–H and O–H groups in total. The molecule has 1 amide bonds. The Morgan fingerprint density at radius 3 is 2.55 bits per heavy atom. The van der Waals surface area contributed by atoms with Crippen molar-refractivity contribution in [2.45, 2.75) is 12.8 Å². The van der Waals surface area contributed by atoms with Crippen LogP contribution in [0.25, 0.3) is 0 Å². The summed E-state index contributed by atoms with van der Waals surface area (Å²) in [5.41, 5.74) is 0.685. The van der Waals surface area contributed by atoms with E-state index in [9.17, 15) is 4.79 Å². The van der Waals surface area contributed by atoms with Crippen LogP contribution in [0.1, 0.15) is 23.2 Å². The molecule has 0 spiro atoms. The summed E-state index contributed by atoms with van der Waals surface area (Å²) in [7, 11) is 3.84. The van der Waals surface area contributed by atoms with Gasteiger partial charge in [0, 0.05) is 37.9 Å². The Balaban J connectivity index is 1.80. The van der Waals surface area contributed by atoms with Crippen LogP contribution in [0.2, 0.25) is 0 Å². The van der Waals surface area contributed by atoms with Crippen molar-refractivity contribution in [1.82, 2.24) is 15.2 Å². The molecule has 2 aliphatic rings. The second-order valence-electron chi connectivity index (χ2n) is 6.47. The molecular weight excluding hydrogens is 344 g/mol. The van der Waals surface area contributed by atoms with Gasteiger partial charge in [-0.15, -0.1) is 0 Å². The Morgan fingerprint density at radius 2 is 1.95 bits per heavy atom. The van der Waals surface area contributed by atoms with Crippen LogP contribution in [0.5, 0.6) is 0 Å². The highest BCUT2D eigenvalue weighted by Gasteiger charge is 2.32. The zero-order valence-electron chi connectivity index (χ0n) is 13.2. The van der Waals surface area contributed by atoms with Crippen molar-refractivity contribution in [3.8, 4) is 0 Å². The molecule has 1 aromatic heterocycles. The number of carbonyl (C=O) groups is 1. The number of likely N-dealkylation sites (tertiary alicyclic amines) is 1. The van der Waals surface area contributed by atoms with Crippen molar-refractivity contribution < 1.29 is 4.79 Å². The second-order valence-corrected chi connectivity index (χ2v) is 7.38. The van der Waals surface area contributed by atoms with Crippen LogP contribution in [0.4, 0.5) is 5.82 Å². The van der Waals surface area contributed by atoms with Crippen LogP contribution in [0.3, 0.4) is 0 Å². The molecule has 0 unspecified atom stereocenters. The van der Waals surface area contributed by atoms with Gasteiger partial charge < -0.3 is 15.1 Å². The summed E-state index contributed by atoms with van der Waals surface area (Å²) < 4.78 is 0.845. The van der Waals surface area contributed by atoms with E-state index in [0.717, 1.165) is 61.1 Å². The molecule has 0 radical (unpaired) electrons. The third kappa shape index (κ3) is 3.13. The molecule has 0 aliphatic carbocycles. The summed E-state index contributed by atoms with van der Waals surface area (Å²) in [6.45, 7) is 3.91. The van der Waals surface area contributed by atoms with E-state index in [0.29, 0.717) is 5.56 Å². The number of carbonyl (C=O) groups excluding carboxylic acids is 1.